The smallest absolute Gasteiger partial charge is 0.255 e. The second-order valence-electron chi connectivity index (χ2n) is 7.32. The van der Waals surface area contributed by atoms with Crippen LogP contribution in [0.2, 0.25) is 0 Å². The zero-order valence-corrected chi connectivity index (χ0v) is 16.1. The van der Waals surface area contributed by atoms with Crippen molar-refractivity contribution >= 4 is 23.2 Å². The maximum Gasteiger partial charge on any atom is 0.255 e. The Bertz CT molecular complexity index is 921. The standard InChI is InChI=1S/C22H24N2O4/c1-3-27-20-11-16-9-13(2)28-19(16)12-18(20)24-22(26)15-5-4-6-17(10-15)23-21(25)14-7-8-14/h4-6,10-14H,3,7-9H2,1-2H3,(H,23,25)(H,24,26). The number of nitrogens with one attached hydrogen (secondary N) is 2. The molecule has 0 spiro atoms. The molecule has 2 aromatic carbocycles. The highest BCUT2D eigenvalue weighted by Crippen LogP contribution is 2.38. The fourth-order valence-electron chi connectivity index (χ4n) is 3.33. The summed E-state index contributed by atoms with van der Waals surface area (Å²) >= 11 is 0. The molecule has 6 nitrogen and oxygen atoms in total. The highest BCUT2D eigenvalue weighted by molar-refractivity contribution is 6.06. The molecule has 1 saturated carbocycles. The first-order chi connectivity index (χ1) is 13.5. The highest BCUT2D eigenvalue weighted by Gasteiger charge is 2.29. The molecule has 6 heteroatoms. The van der Waals surface area contributed by atoms with E-state index in [9.17, 15) is 9.59 Å². The van der Waals surface area contributed by atoms with Gasteiger partial charge in [-0.3, -0.25) is 9.59 Å². The Morgan fingerprint density at radius 3 is 2.75 bits per heavy atom. The molecule has 1 atom stereocenters. The zero-order chi connectivity index (χ0) is 19.7. The van der Waals surface area contributed by atoms with Crippen LogP contribution in [-0.4, -0.2) is 24.5 Å². The summed E-state index contributed by atoms with van der Waals surface area (Å²) < 4.78 is 11.5. The van der Waals surface area contributed by atoms with E-state index in [-0.39, 0.29) is 23.8 Å². The highest BCUT2D eigenvalue weighted by atomic mass is 16.5. The molecule has 1 aliphatic carbocycles. The minimum absolute atomic E-state index is 0.0149. The fourth-order valence-corrected chi connectivity index (χ4v) is 3.33. The zero-order valence-electron chi connectivity index (χ0n) is 16.1. The molecule has 146 valence electrons. The van der Waals surface area contributed by atoms with Crippen molar-refractivity contribution < 1.29 is 19.1 Å². The number of fused-ring (bicyclic) bond motifs is 1. The second kappa shape index (κ2) is 7.54. The molecule has 0 bridgehead atoms. The van der Waals surface area contributed by atoms with Crippen LogP contribution in [0.3, 0.4) is 0 Å². The number of ether oxygens (including phenoxy) is 2. The summed E-state index contributed by atoms with van der Waals surface area (Å²) in [6.45, 7) is 4.42. The summed E-state index contributed by atoms with van der Waals surface area (Å²) in [4.78, 5) is 24.8. The van der Waals surface area contributed by atoms with Gasteiger partial charge in [0.2, 0.25) is 5.91 Å². The van der Waals surface area contributed by atoms with Gasteiger partial charge in [-0.05, 0) is 51.0 Å². The normalized spacial score (nSPS) is 17.4. The average Bonchev–Trinajstić information content (AvgIpc) is 3.45. The van der Waals surface area contributed by atoms with E-state index in [0.29, 0.717) is 29.3 Å². The number of amides is 2. The van der Waals surface area contributed by atoms with Crippen molar-refractivity contribution in [2.24, 2.45) is 5.92 Å². The van der Waals surface area contributed by atoms with Gasteiger partial charge < -0.3 is 20.1 Å². The number of hydrogen-bond acceptors (Lipinski definition) is 4. The molecule has 1 aliphatic heterocycles. The van der Waals surface area contributed by atoms with Crippen molar-refractivity contribution in [3.05, 3.63) is 47.5 Å². The quantitative estimate of drug-likeness (QED) is 0.794. The molecule has 0 saturated heterocycles. The molecule has 0 aromatic heterocycles. The van der Waals surface area contributed by atoms with Gasteiger partial charge in [-0.1, -0.05) is 6.07 Å². The van der Waals surface area contributed by atoms with Crippen molar-refractivity contribution in [1.29, 1.82) is 0 Å². The monoisotopic (exact) mass is 380 g/mol. The van der Waals surface area contributed by atoms with Crippen LogP contribution in [-0.2, 0) is 11.2 Å². The van der Waals surface area contributed by atoms with Crippen molar-refractivity contribution in [3.8, 4) is 11.5 Å². The van der Waals surface area contributed by atoms with Crippen LogP contribution in [0.15, 0.2) is 36.4 Å². The van der Waals surface area contributed by atoms with Crippen molar-refractivity contribution in [3.63, 3.8) is 0 Å². The summed E-state index contributed by atoms with van der Waals surface area (Å²) in [7, 11) is 0. The van der Waals surface area contributed by atoms with Gasteiger partial charge in [-0.25, -0.2) is 0 Å². The van der Waals surface area contributed by atoms with E-state index >= 15 is 0 Å². The Morgan fingerprint density at radius 2 is 2.00 bits per heavy atom. The minimum atomic E-state index is -0.269. The molecule has 2 aliphatic rings. The maximum atomic E-state index is 12.8. The molecule has 28 heavy (non-hydrogen) atoms. The van der Waals surface area contributed by atoms with E-state index in [0.717, 1.165) is 30.6 Å². The summed E-state index contributed by atoms with van der Waals surface area (Å²) in [6, 6.07) is 10.7. The SMILES string of the molecule is CCOc1cc2c(cc1NC(=O)c1cccc(NC(=O)C3CC3)c1)OC(C)C2. The van der Waals surface area contributed by atoms with Crippen LogP contribution >= 0.6 is 0 Å². The van der Waals surface area contributed by atoms with E-state index in [2.05, 4.69) is 10.6 Å². The molecular formula is C22H24N2O4. The lowest BCUT2D eigenvalue weighted by Gasteiger charge is -2.14. The van der Waals surface area contributed by atoms with Gasteiger partial charge in [0.25, 0.3) is 5.91 Å². The van der Waals surface area contributed by atoms with Gasteiger partial charge >= 0.3 is 0 Å². The second-order valence-corrected chi connectivity index (χ2v) is 7.32. The molecular weight excluding hydrogens is 356 g/mol. The number of benzene rings is 2. The summed E-state index contributed by atoms with van der Waals surface area (Å²) in [5.74, 6) is 1.26. The average molecular weight is 380 g/mol. The van der Waals surface area contributed by atoms with Crippen molar-refractivity contribution in [2.45, 2.75) is 39.2 Å². The van der Waals surface area contributed by atoms with Gasteiger partial charge in [-0.2, -0.15) is 0 Å². The third-order valence-electron chi connectivity index (χ3n) is 4.89. The Balaban J connectivity index is 1.53. The van der Waals surface area contributed by atoms with E-state index in [1.807, 2.05) is 26.0 Å². The van der Waals surface area contributed by atoms with Crippen LogP contribution in [0.25, 0.3) is 0 Å². The predicted octanol–water partition coefficient (Wildman–Crippen LogP) is 4.01. The number of rotatable bonds is 6. The third kappa shape index (κ3) is 3.96. The Morgan fingerprint density at radius 1 is 1.18 bits per heavy atom. The summed E-state index contributed by atoms with van der Waals surface area (Å²) in [5, 5.41) is 5.79. The summed E-state index contributed by atoms with van der Waals surface area (Å²) in [6.07, 6.45) is 2.81. The first kappa shape index (κ1) is 18.3. The maximum absolute atomic E-state index is 12.8. The lowest BCUT2D eigenvalue weighted by molar-refractivity contribution is -0.117. The molecule has 4 rings (SSSR count). The number of hydrogen-bond donors (Lipinski definition) is 2. The Kier molecular flexibility index (Phi) is 4.94. The Labute approximate surface area is 164 Å². The molecule has 2 N–H and O–H groups in total. The first-order valence-electron chi connectivity index (χ1n) is 9.72. The Hall–Kier alpha value is -3.02. The van der Waals surface area contributed by atoms with Gasteiger partial charge in [0.1, 0.15) is 17.6 Å². The van der Waals surface area contributed by atoms with Crippen LogP contribution < -0.4 is 20.1 Å². The first-order valence-corrected chi connectivity index (χ1v) is 9.72. The number of carbonyl (C=O) groups is 2. The molecule has 1 unspecified atom stereocenters. The molecule has 1 fully saturated rings. The predicted molar refractivity (Wildman–Crippen MR) is 107 cm³/mol. The van der Waals surface area contributed by atoms with Crippen LogP contribution in [0.1, 0.15) is 42.6 Å². The van der Waals surface area contributed by atoms with E-state index in [1.54, 1.807) is 24.3 Å². The van der Waals surface area contributed by atoms with Crippen molar-refractivity contribution in [1.82, 2.24) is 0 Å². The van der Waals surface area contributed by atoms with Gasteiger partial charge in [-0.15, -0.1) is 0 Å². The fraction of sp³-hybridized carbons (Fsp3) is 0.364. The number of anilines is 2. The van der Waals surface area contributed by atoms with Crippen LogP contribution in [0.4, 0.5) is 11.4 Å². The van der Waals surface area contributed by atoms with Gasteiger partial charge in [0.15, 0.2) is 0 Å². The molecule has 1 heterocycles. The minimum Gasteiger partial charge on any atom is -0.492 e. The van der Waals surface area contributed by atoms with Gasteiger partial charge in [0, 0.05) is 35.2 Å². The molecule has 2 amide bonds. The van der Waals surface area contributed by atoms with Crippen molar-refractivity contribution in [2.75, 3.05) is 17.2 Å². The topological polar surface area (TPSA) is 76.7 Å². The lowest BCUT2D eigenvalue weighted by Crippen LogP contribution is -2.16. The van der Waals surface area contributed by atoms with E-state index in [4.69, 9.17) is 9.47 Å². The number of carbonyl (C=O) groups excluding carboxylic acids is 2. The van der Waals surface area contributed by atoms with E-state index < -0.39 is 0 Å². The van der Waals surface area contributed by atoms with Crippen LogP contribution in [0, 0.1) is 5.92 Å². The lowest BCUT2D eigenvalue weighted by atomic mass is 10.1. The largest absolute Gasteiger partial charge is 0.492 e. The third-order valence-corrected chi connectivity index (χ3v) is 4.89. The molecule has 0 radical (unpaired) electrons. The van der Waals surface area contributed by atoms with Gasteiger partial charge in [0.05, 0.1) is 12.3 Å². The summed E-state index contributed by atoms with van der Waals surface area (Å²) in [5.41, 5.74) is 2.75. The van der Waals surface area contributed by atoms with E-state index in [1.165, 1.54) is 0 Å². The van der Waals surface area contributed by atoms with Crippen LogP contribution in [0.5, 0.6) is 11.5 Å². The molecule has 2 aromatic rings.